The SMILES string of the molecule is CN(CC1(F)CCN(c2cccc3c2n(C)c(=O)n3C2CCC(O)NC2=O)CC1)C1CCC(n2cc3cc(NC(=O)c4cccc(C(F)(F)F)n4)ccc3n2)CC1. The molecule has 0 spiro atoms. The van der Waals surface area contributed by atoms with Gasteiger partial charge in [-0.15, -0.1) is 0 Å². The molecule has 2 aliphatic heterocycles. The molecule has 2 atom stereocenters. The maximum Gasteiger partial charge on any atom is 0.433 e. The summed E-state index contributed by atoms with van der Waals surface area (Å²) >= 11 is 0. The lowest BCUT2D eigenvalue weighted by Gasteiger charge is -2.42. The highest BCUT2D eigenvalue weighted by Crippen LogP contribution is 2.37. The first-order valence-corrected chi connectivity index (χ1v) is 19.3. The van der Waals surface area contributed by atoms with E-state index in [0.717, 1.165) is 54.4 Å². The third-order valence-electron chi connectivity index (χ3n) is 12.0. The number of piperidine rings is 2. The van der Waals surface area contributed by atoms with E-state index in [4.69, 9.17) is 5.10 Å². The molecule has 5 heterocycles. The molecule has 0 radical (unpaired) electrons. The number of aliphatic hydroxyl groups excluding tert-OH is 1. The molecule has 8 rings (SSSR count). The zero-order valence-corrected chi connectivity index (χ0v) is 31.7. The van der Waals surface area contributed by atoms with Crippen molar-refractivity contribution in [3.05, 3.63) is 82.7 Å². The Morgan fingerprint density at radius 3 is 2.47 bits per heavy atom. The number of rotatable bonds is 8. The van der Waals surface area contributed by atoms with Crippen molar-refractivity contribution in [2.45, 2.75) is 87.6 Å². The monoisotopic (exact) mass is 791 g/mol. The van der Waals surface area contributed by atoms with Crippen LogP contribution in [0.2, 0.25) is 0 Å². The number of halogens is 4. The third-order valence-corrected chi connectivity index (χ3v) is 12.0. The van der Waals surface area contributed by atoms with E-state index in [0.29, 0.717) is 62.0 Å². The van der Waals surface area contributed by atoms with Gasteiger partial charge in [0, 0.05) is 62.8 Å². The van der Waals surface area contributed by atoms with Gasteiger partial charge in [0.25, 0.3) is 5.91 Å². The van der Waals surface area contributed by atoms with Crippen molar-refractivity contribution in [1.29, 1.82) is 0 Å². The second kappa shape index (κ2) is 14.9. The molecule has 302 valence electrons. The molecule has 2 aromatic carbocycles. The number of carbonyl (C=O) groups is 2. The number of benzene rings is 2. The van der Waals surface area contributed by atoms with Crippen LogP contribution in [-0.4, -0.2) is 90.3 Å². The summed E-state index contributed by atoms with van der Waals surface area (Å²) in [7, 11) is 3.68. The number of aliphatic hydroxyl groups is 1. The first-order chi connectivity index (χ1) is 27.2. The van der Waals surface area contributed by atoms with Gasteiger partial charge in [-0.25, -0.2) is 14.2 Å². The molecule has 13 nitrogen and oxygen atoms in total. The number of carbonyl (C=O) groups excluding carboxylic acids is 2. The van der Waals surface area contributed by atoms with E-state index in [-0.39, 0.29) is 29.4 Å². The summed E-state index contributed by atoms with van der Waals surface area (Å²) < 4.78 is 60.8. The molecule has 1 saturated carbocycles. The largest absolute Gasteiger partial charge is 0.433 e. The van der Waals surface area contributed by atoms with E-state index in [1.54, 1.807) is 29.8 Å². The molecule has 2 amide bonds. The standard InChI is InChI=1S/C40H45F4N9O4/c1-49(23-39(41)17-19-51(20-18-39)30-6-4-7-31-35(30)50(2)38(57)53(31)32-15-16-34(54)47-37(32)56)26-10-12-27(13-11-26)52-22-24-21-25(9-14-28(24)48-52)45-36(55)29-5-3-8-33(46-29)40(42,43)44/h3-9,14,21-22,26-27,32,34,54H,10-13,15-20,23H2,1-2H3,(H,45,55)(H,47,56). The Labute approximate surface area is 325 Å². The maximum atomic E-state index is 16.5. The number of amides is 2. The molecule has 3 aliphatic rings. The van der Waals surface area contributed by atoms with Crippen LogP contribution in [-0.2, 0) is 18.0 Å². The zero-order chi connectivity index (χ0) is 40.2. The predicted molar refractivity (Wildman–Crippen MR) is 206 cm³/mol. The van der Waals surface area contributed by atoms with Crippen molar-refractivity contribution in [1.82, 2.24) is 34.1 Å². The van der Waals surface area contributed by atoms with Gasteiger partial charge in [0.15, 0.2) is 0 Å². The van der Waals surface area contributed by atoms with Crippen LogP contribution in [0.3, 0.4) is 0 Å². The Morgan fingerprint density at radius 2 is 1.75 bits per heavy atom. The lowest BCUT2D eigenvalue weighted by Crippen LogP contribution is -2.50. The van der Waals surface area contributed by atoms with Gasteiger partial charge in [-0.2, -0.15) is 18.3 Å². The normalized spacial score (nSPS) is 22.9. The number of aromatic nitrogens is 5. The maximum absolute atomic E-state index is 16.5. The second-order valence-corrected chi connectivity index (χ2v) is 15.7. The van der Waals surface area contributed by atoms with Gasteiger partial charge in [-0.3, -0.25) is 23.4 Å². The molecule has 0 bridgehead atoms. The van der Waals surface area contributed by atoms with Crippen molar-refractivity contribution >= 4 is 45.1 Å². The van der Waals surface area contributed by atoms with Crippen molar-refractivity contribution < 1.29 is 32.3 Å². The van der Waals surface area contributed by atoms with E-state index in [1.165, 1.54) is 10.6 Å². The average Bonchev–Trinajstić information content (AvgIpc) is 3.72. The number of nitrogens with one attached hydrogen (secondary N) is 2. The van der Waals surface area contributed by atoms with Crippen LogP contribution < -0.4 is 21.2 Å². The van der Waals surface area contributed by atoms with Crippen molar-refractivity contribution in [3.8, 4) is 0 Å². The Kier molecular flexibility index (Phi) is 10.1. The van der Waals surface area contributed by atoms with E-state index in [1.807, 2.05) is 36.1 Å². The highest BCUT2D eigenvalue weighted by molar-refractivity contribution is 6.03. The minimum Gasteiger partial charge on any atom is -0.374 e. The Morgan fingerprint density at radius 1 is 1.02 bits per heavy atom. The summed E-state index contributed by atoms with van der Waals surface area (Å²) in [4.78, 5) is 46.6. The van der Waals surface area contributed by atoms with E-state index >= 15 is 4.39 Å². The fourth-order valence-electron chi connectivity index (χ4n) is 8.87. The van der Waals surface area contributed by atoms with Gasteiger partial charge < -0.3 is 25.5 Å². The second-order valence-electron chi connectivity index (χ2n) is 15.7. The first kappa shape index (κ1) is 38.6. The van der Waals surface area contributed by atoms with Crippen LogP contribution >= 0.6 is 0 Å². The predicted octanol–water partition coefficient (Wildman–Crippen LogP) is 5.55. The molecule has 5 aromatic rings. The molecular weight excluding hydrogens is 746 g/mol. The van der Waals surface area contributed by atoms with Crippen molar-refractivity contribution in [2.24, 2.45) is 7.05 Å². The Bertz CT molecular complexity index is 2370. The summed E-state index contributed by atoms with van der Waals surface area (Å²) in [5.74, 6) is -1.14. The number of para-hydroxylation sites is 1. The minimum atomic E-state index is -4.66. The summed E-state index contributed by atoms with van der Waals surface area (Å²) in [6, 6.07) is 13.6. The first-order valence-electron chi connectivity index (χ1n) is 19.3. The minimum absolute atomic E-state index is 0.143. The molecule has 17 heteroatoms. The van der Waals surface area contributed by atoms with Gasteiger partial charge in [-0.1, -0.05) is 12.1 Å². The lowest BCUT2D eigenvalue weighted by molar-refractivity contribution is -0.141. The van der Waals surface area contributed by atoms with E-state index in [2.05, 4.69) is 25.4 Å². The molecule has 2 unspecified atom stereocenters. The van der Waals surface area contributed by atoms with Crippen molar-refractivity contribution in [3.63, 3.8) is 0 Å². The molecule has 1 aliphatic carbocycles. The number of imidazole rings is 1. The summed E-state index contributed by atoms with van der Waals surface area (Å²) in [5, 5.41) is 20.6. The number of pyridine rings is 1. The molecule has 2 saturated heterocycles. The van der Waals surface area contributed by atoms with Gasteiger partial charge >= 0.3 is 11.9 Å². The topological polar surface area (TPSA) is 143 Å². The number of fused-ring (bicyclic) bond motifs is 2. The number of aryl methyl sites for hydroxylation is 1. The highest BCUT2D eigenvalue weighted by atomic mass is 19.4. The number of alkyl halides is 4. The van der Waals surface area contributed by atoms with E-state index in [9.17, 15) is 32.7 Å². The molecule has 3 fully saturated rings. The molecule has 57 heavy (non-hydrogen) atoms. The van der Waals surface area contributed by atoms with Crippen LogP contribution in [0.15, 0.2) is 65.6 Å². The average molecular weight is 792 g/mol. The van der Waals surface area contributed by atoms with Crippen LogP contribution in [0.1, 0.15) is 79.6 Å². The van der Waals surface area contributed by atoms with Crippen LogP contribution in [0.25, 0.3) is 21.9 Å². The smallest absolute Gasteiger partial charge is 0.374 e. The number of nitrogens with zero attached hydrogens (tertiary/aromatic N) is 7. The fourth-order valence-corrected chi connectivity index (χ4v) is 8.87. The van der Waals surface area contributed by atoms with Gasteiger partial charge in [0.05, 0.1) is 28.3 Å². The van der Waals surface area contributed by atoms with Gasteiger partial charge in [0.1, 0.15) is 29.3 Å². The van der Waals surface area contributed by atoms with Gasteiger partial charge in [-0.05, 0) is 88.0 Å². The fraction of sp³-hybridized carbons (Fsp3) is 0.475. The Balaban J connectivity index is 0.862. The molecule has 3 N–H and O–H groups in total. The van der Waals surface area contributed by atoms with Crippen LogP contribution in [0, 0.1) is 0 Å². The number of anilines is 2. The summed E-state index contributed by atoms with van der Waals surface area (Å²) in [5.41, 5.74) is 0.145. The van der Waals surface area contributed by atoms with Crippen molar-refractivity contribution in [2.75, 3.05) is 36.9 Å². The summed E-state index contributed by atoms with van der Waals surface area (Å²) in [6.07, 6.45) is 1.15. The summed E-state index contributed by atoms with van der Waals surface area (Å²) in [6.45, 7) is 1.27. The number of hydrogen-bond donors (Lipinski definition) is 3. The Hall–Kier alpha value is -5.29. The zero-order valence-electron chi connectivity index (χ0n) is 31.7. The van der Waals surface area contributed by atoms with Gasteiger partial charge in [0.2, 0.25) is 5.91 Å². The van der Waals surface area contributed by atoms with Crippen LogP contribution in [0.4, 0.5) is 28.9 Å². The highest BCUT2D eigenvalue weighted by Gasteiger charge is 2.39. The molecule has 3 aromatic heterocycles. The van der Waals surface area contributed by atoms with Crippen LogP contribution in [0.5, 0.6) is 0 Å². The molecular formula is C40H45F4N9O4. The van der Waals surface area contributed by atoms with E-state index < -0.39 is 35.7 Å². The lowest BCUT2D eigenvalue weighted by atomic mass is 9.88. The number of hydrogen-bond acceptors (Lipinski definition) is 8. The third kappa shape index (κ3) is 7.61. The quantitative estimate of drug-likeness (QED) is 0.174.